The molecule has 1 atom stereocenters. The van der Waals surface area contributed by atoms with E-state index in [2.05, 4.69) is 11.8 Å². The summed E-state index contributed by atoms with van der Waals surface area (Å²) in [6.45, 7) is 3.98. The normalized spacial score (nSPS) is 12.2. The number of aliphatic hydroxyl groups excluding tert-OH is 1. The number of ether oxygens (including phenoxy) is 2. The number of nitrogens with zero attached hydrogens (tertiary/aromatic N) is 1. The second-order valence-electron chi connectivity index (χ2n) is 5.40. The molecule has 0 aliphatic heterocycles. The van der Waals surface area contributed by atoms with Crippen LogP contribution in [0.1, 0.15) is 37.9 Å². The Kier molecular flexibility index (Phi) is 8.43. The maximum Gasteiger partial charge on any atom is 0.304 e. The van der Waals surface area contributed by atoms with Gasteiger partial charge >= 0.3 is 5.97 Å². The van der Waals surface area contributed by atoms with Gasteiger partial charge in [-0.15, -0.1) is 0 Å². The van der Waals surface area contributed by atoms with Gasteiger partial charge in [0.2, 0.25) is 0 Å². The van der Waals surface area contributed by atoms with Crippen LogP contribution in [0.5, 0.6) is 11.5 Å². The van der Waals surface area contributed by atoms with Crippen molar-refractivity contribution in [3.8, 4) is 11.5 Å². The lowest BCUT2D eigenvalue weighted by Gasteiger charge is -2.23. The maximum absolute atomic E-state index is 10.7. The van der Waals surface area contributed by atoms with Gasteiger partial charge in [-0.1, -0.05) is 6.92 Å². The molecular formula is C17H27NO5. The van der Waals surface area contributed by atoms with Crippen LogP contribution in [0.25, 0.3) is 0 Å². The van der Waals surface area contributed by atoms with Crippen LogP contribution in [0.2, 0.25) is 0 Å². The fourth-order valence-electron chi connectivity index (χ4n) is 2.47. The summed E-state index contributed by atoms with van der Waals surface area (Å²) < 4.78 is 10.5. The minimum absolute atomic E-state index is 0.110. The lowest BCUT2D eigenvalue weighted by molar-refractivity contribution is -0.137. The molecule has 0 aliphatic carbocycles. The van der Waals surface area contributed by atoms with E-state index in [1.165, 1.54) is 0 Å². The molecular weight excluding hydrogens is 298 g/mol. The van der Waals surface area contributed by atoms with Gasteiger partial charge in [-0.3, -0.25) is 4.79 Å². The Balaban J connectivity index is 2.69. The Labute approximate surface area is 137 Å². The fraction of sp³-hybridized carbons (Fsp3) is 0.588. The summed E-state index contributed by atoms with van der Waals surface area (Å²) in [5.74, 6) is 0.475. The van der Waals surface area contributed by atoms with Crippen molar-refractivity contribution in [1.82, 2.24) is 4.90 Å². The van der Waals surface area contributed by atoms with E-state index in [0.717, 1.165) is 13.0 Å². The van der Waals surface area contributed by atoms with Crippen LogP contribution in [0, 0.1) is 0 Å². The smallest absolute Gasteiger partial charge is 0.304 e. The molecule has 6 heteroatoms. The molecule has 1 unspecified atom stereocenters. The molecule has 1 aromatic carbocycles. The zero-order valence-electron chi connectivity index (χ0n) is 14.1. The molecule has 2 N–H and O–H groups in total. The van der Waals surface area contributed by atoms with E-state index >= 15 is 0 Å². The SMILES string of the molecule is CCCN(CCC(=O)O)CCC(O)c1cc(OC)ccc1OC. The average Bonchev–Trinajstić information content (AvgIpc) is 2.56. The quantitative estimate of drug-likeness (QED) is 0.650. The zero-order valence-corrected chi connectivity index (χ0v) is 14.1. The van der Waals surface area contributed by atoms with Gasteiger partial charge in [0.1, 0.15) is 11.5 Å². The molecule has 0 saturated carbocycles. The van der Waals surface area contributed by atoms with Gasteiger partial charge in [0.15, 0.2) is 0 Å². The van der Waals surface area contributed by atoms with Crippen molar-refractivity contribution in [1.29, 1.82) is 0 Å². The van der Waals surface area contributed by atoms with Crippen LogP contribution in [0.4, 0.5) is 0 Å². The second kappa shape index (κ2) is 10.1. The van der Waals surface area contributed by atoms with Crippen LogP contribution < -0.4 is 9.47 Å². The molecule has 0 aromatic heterocycles. The number of hydrogen-bond donors (Lipinski definition) is 2. The summed E-state index contributed by atoms with van der Waals surface area (Å²) in [4.78, 5) is 12.8. The van der Waals surface area contributed by atoms with Crippen LogP contribution in [-0.2, 0) is 4.79 Å². The lowest BCUT2D eigenvalue weighted by atomic mass is 10.0. The topological polar surface area (TPSA) is 79.2 Å². The summed E-state index contributed by atoms with van der Waals surface area (Å²) in [5, 5.41) is 19.3. The number of rotatable bonds is 11. The Bertz CT molecular complexity index is 492. The largest absolute Gasteiger partial charge is 0.497 e. The molecule has 0 heterocycles. The number of aliphatic hydroxyl groups is 1. The van der Waals surface area contributed by atoms with Gasteiger partial charge < -0.3 is 24.6 Å². The number of hydrogen-bond acceptors (Lipinski definition) is 5. The highest BCUT2D eigenvalue weighted by molar-refractivity contribution is 5.66. The summed E-state index contributed by atoms with van der Waals surface area (Å²) in [6, 6.07) is 5.32. The first-order chi connectivity index (χ1) is 11.0. The van der Waals surface area contributed by atoms with Gasteiger partial charge in [0.05, 0.1) is 26.7 Å². The van der Waals surface area contributed by atoms with Crippen molar-refractivity contribution in [2.24, 2.45) is 0 Å². The molecule has 130 valence electrons. The Morgan fingerprint density at radius 3 is 2.52 bits per heavy atom. The first kappa shape index (κ1) is 19.3. The highest BCUT2D eigenvalue weighted by Crippen LogP contribution is 2.31. The molecule has 1 rings (SSSR count). The first-order valence-electron chi connectivity index (χ1n) is 7.85. The van der Waals surface area contributed by atoms with E-state index in [9.17, 15) is 9.90 Å². The molecule has 23 heavy (non-hydrogen) atoms. The van der Waals surface area contributed by atoms with E-state index in [1.807, 2.05) is 0 Å². The Morgan fingerprint density at radius 2 is 1.96 bits per heavy atom. The van der Waals surface area contributed by atoms with E-state index in [-0.39, 0.29) is 6.42 Å². The van der Waals surface area contributed by atoms with Crippen LogP contribution in [0.3, 0.4) is 0 Å². The Hall–Kier alpha value is -1.79. The van der Waals surface area contributed by atoms with Crippen molar-refractivity contribution in [2.75, 3.05) is 33.9 Å². The number of carboxylic acids is 1. The van der Waals surface area contributed by atoms with Crippen LogP contribution >= 0.6 is 0 Å². The fourth-order valence-corrected chi connectivity index (χ4v) is 2.47. The van der Waals surface area contributed by atoms with Crippen molar-refractivity contribution in [3.05, 3.63) is 23.8 Å². The molecule has 0 amide bonds. The molecule has 0 fully saturated rings. The predicted molar refractivity (Wildman–Crippen MR) is 88.1 cm³/mol. The maximum atomic E-state index is 10.7. The number of aliphatic carboxylic acids is 1. The minimum Gasteiger partial charge on any atom is -0.497 e. The van der Waals surface area contributed by atoms with Crippen LogP contribution in [0.15, 0.2) is 18.2 Å². The van der Waals surface area contributed by atoms with E-state index < -0.39 is 12.1 Å². The van der Waals surface area contributed by atoms with Crippen LogP contribution in [-0.4, -0.2) is 54.9 Å². The Morgan fingerprint density at radius 1 is 1.22 bits per heavy atom. The minimum atomic E-state index is -0.805. The number of benzene rings is 1. The second-order valence-corrected chi connectivity index (χ2v) is 5.40. The average molecular weight is 325 g/mol. The predicted octanol–water partition coefficient (Wildman–Crippen LogP) is 2.31. The van der Waals surface area contributed by atoms with Crippen molar-refractivity contribution in [3.63, 3.8) is 0 Å². The summed E-state index contributed by atoms with van der Waals surface area (Å²) in [7, 11) is 3.14. The third kappa shape index (κ3) is 6.46. The monoisotopic (exact) mass is 325 g/mol. The van der Waals surface area contributed by atoms with Gasteiger partial charge in [0.25, 0.3) is 0 Å². The highest BCUT2D eigenvalue weighted by atomic mass is 16.5. The lowest BCUT2D eigenvalue weighted by Crippen LogP contribution is -2.29. The third-order valence-corrected chi connectivity index (χ3v) is 3.70. The summed E-state index contributed by atoms with van der Waals surface area (Å²) in [5.41, 5.74) is 0.682. The van der Waals surface area contributed by atoms with Gasteiger partial charge in [-0.25, -0.2) is 0 Å². The molecule has 0 aliphatic rings. The number of carboxylic acid groups (broad SMARTS) is 1. The van der Waals surface area contributed by atoms with Gasteiger partial charge in [-0.05, 0) is 37.6 Å². The third-order valence-electron chi connectivity index (χ3n) is 3.70. The molecule has 1 aromatic rings. The standard InChI is InChI=1S/C17H27NO5/c1-4-9-18(11-8-17(20)21)10-7-15(19)14-12-13(22-2)5-6-16(14)23-3/h5-6,12,15,19H,4,7-11H2,1-3H3,(H,20,21). The highest BCUT2D eigenvalue weighted by Gasteiger charge is 2.16. The number of methoxy groups -OCH3 is 2. The van der Waals surface area contributed by atoms with E-state index in [4.69, 9.17) is 14.6 Å². The summed E-state index contributed by atoms with van der Waals surface area (Å²) in [6.07, 6.45) is 0.865. The van der Waals surface area contributed by atoms with Gasteiger partial charge in [0, 0.05) is 18.7 Å². The van der Waals surface area contributed by atoms with Gasteiger partial charge in [-0.2, -0.15) is 0 Å². The van der Waals surface area contributed by atoms with Crippen molar-refractivity contribution in [2.45, 2.75) is 32.3 Å². The molecule has 0 bridgehead atoms. The van der Waals surface area contributed by atoms with E-state index in [0.29, 0.717) is 36.6 Å². The van der Waals surface area contributed by atoms with E-state index in [1.54, 1.807) is 32.4 Å². The summed E-state index contributed by atoms with van der Waals surface area (Å²) >= 11 is 0. The molecule has 0 saturated heterocycles. The molecule has 0 radical (unpaired) electrons. The van der Waals surface area contributed by atoms with Crippen molar-refractivity contribution < 1.29 is 24.5 Å². The van der Waals surface area contributed by atoms with Crippen molar-refractivity contribution >= 4 is 5.97 Å². The molecule has 6 nitrogen and oxygen atoms in total. The molecule has 0 spiro atoms. The zero-order chi connectivity index (χ0) is 17.2. The first-order valence-corrected chi connectivity index (χ1v) is 7.85. The number of carbonyl (C=O) groups is 1.